The van der Waals surface area contributed by atoms with E-state index in [1.807, 2.05) is 48.5 Å². The highest BCUT2D eigenvalue weighted by atomic mass is 31.1. The smallest absolute Gasteiger partial charge is 0.235 e. The fraction of sp³-hybridized carbons (Fsp3) is 0. The normalized spacial score (nSPS) is 10.6. The zero-order chi connectivity index (χ0) is 11.2. The molecule has 0 aliphatic carbocycles. The van der Waals surface area contributed by atoms with Crippen LogP contribution in [0, 0.1) is 0 Å². The molecule has 16 heavy (non-hydrogen) atoms. The Bertz CT molecular complexity index is 415. The molecule has 0 aliphatic heterocycles. The minimum atomic E-state index is -1.93. The van der Waals surface area contributed by atoms with Crippen LogP contribution in [0.1, 0.15) is 0 Å². The molecule has 1 unspecified atom stereocenters. The van der Waals surface area contributed by atoms with Gasteiger partial charge in [-0.3, -0.25) is 0 Å². The van der Waals surface area contributed by atoms with E-state index in [0.717, 1.165) is 5.69 Å². The summed E-state index contributed by atoms with van der Waals surface area (Å²) in [6.07, 6.45) is 0. The molecule has 2 aromatic rings. The Balaban J connectivity index is 1.95. The van der Waals surface area contributed by atoms with Crippen LogP contribution in [-0.4, -0.2) is 0 Å². The van der Waals surface area contributed by atoms with Crippen molar-refractivity contribution >= 4 is 13.9 Å². The molecule has 2 aromatic carbocycles. The average Bonchev–Trinajstić information content (AvgIpc) is 2.31. The van der Waals surface area contributed by atoms with Crippen LogP contribution < -0.4 is 9.61 Å². The lowest BCUT2D eigenvalue weighted by atomic mass is 10.3. The second-order valence-corrected chi connectivity index (χ2v) is 4.06. The van der Waals surface area contributed by atoms with Crippen molar-refractivity contribution in [2.75, 3.05) is 5.09 Å². The van der Waals surface area contributed by atoms with Gasteiger partial charge in [0.25, 0.3) is 0 Å². The Morgan fingerprint density at radius 3 is 2.06 bits per heavy atom. The quantitative estimate of drug-likeness (QED) is 0.814. The average molecular weight is 232 g/mol. The van der Waals surface area contributed by atoms with Crippen LogP contribution in [0.5, 0.6) is 5.75 Å². The van der Waals surface area contributed by atoms with Crippen molar-refractivity contribution in [2.45, 2.75) is 0 Å². The van der Waals surface area contributed by atoms with Crippen LogP contribution in [0.3, 0.4) is 0 Å². The van der Waals surface area contributed by atoms with Crippen LogP contribution in [0.2, 0.25) is 0 Å². The summed E-state index contributed by atoms with van der Waals surface area (Å²) in [5.41, 5.74) is 0.777. The third-order valence-electron chi connectivity index (χ3n) is 1.93. The number of hydrogen-bond acceptors (Lipinski definition) is 2. The Morgan fingerprint density at radius 2 is 1.44 bits per heavy atom. The number of hydrogen-bond donors (Lipinski definition) is 1. The molecule has 1 atom stereocenters. The summed E-state index contributed by atoms with van der Waals surface area (Å²) in [6.45, 7) is 0. The van der Waals surface area contributed by atoms with Crippen LogP contribution in [0.25, 0.3) is 0 Å². The Kier molecular flexibility index (Phi) is 3.52. The monoisotopic (exact) mass is 232 g/mol. The van der Waals surface area contributed by atoms with Crippen LogP contribution >= 0.6 is 8.18 Å². The van der Waals surface area contributed by atoms with Crippen molar-refractivity contribution in [1.29, 1.82) is 0 Å². The van der Waals surface area contributed by atoms with Crippen molar-refractivity contribution in [2.24, 2.45) is 0 Å². The molecule has 3 nitrogen and oxygen atoms in total. The zero-order valence-electron chi connectivity index (χ0n) is 8.54. The summed E-state index contributed by atoms with van der Waals surface area (Å²) < 4.78 is 16.8. The SMILES string of the molecule is O=[P+](Nc1ccccc1)Oc1ccccc1. The first-order valence-corrected chi connectivity index (χ1v) is 6.04. The van der Waals surface area contributed by atoms with Gasteiger partial charge in [-0.05, 0) is 24.3 Å². The van der Waals surface area contributed by atoms with Crippen molar-refractivity contribution in [3.05, 3.63) is 60.7 Å². The maximum absolute atomic E-state index is 11.6. The van der Waals surface area contributed by atoms with E-state index in [-0.39, 0.29) is 0 Å². The molecule has 2 rings (SSSR count). The molecule has 0 radical (unpaired) electrons. The number of para-hydroxylation sites is 2. The lowest BCUT2D eigenvalue weighted by molar-refractivity contribution is 0.510. The summed E-state index contributed by atoms with van der Waals surface area (Å²) >= 11 is 0. The molecule has 0 amide bonds. The minimum Gasteiger partial charge on any atom is -0.235 e. The van der Waals surface area contributed by atoms with Gasteiger partial charge in [-0.15, -0.1) is 5.09 Å². The lowest BCUT2D eigenvalue weighted by Gasteiger charge is -1.94. The number of anilines is 1. The number of nitrogens with one attached hydrogen (secondary N) is 1. The molecule has 80 valence electrons. The van der Waals surface area contributed by atoms with Crippen molar-refractivity contribution in [3.8, 4) is 5.75 Å². The summed E-state index contributed by atoms with van der Waals surface area (Å²) in [6, 6.07) is 18.4. The van der Waals surface area contributed by atoms with Gasteiger partial charge in [0, 0.05) is 4.57 Å². The Morgan fingerprint density at radius 1 is 0.875 bits per heavy atom. The zero-order valence-corrected chi connectivity index (χ0v) is 9.43. The largest absolute Gasteiger partial charge is 0.694 e. The van der Waals surface area contributed by atoms with Crippen LogP contribution in [-0.2, 0) is 4.57 Å². The summed E-state index contributed by atoms with van der Waals surface area (Å²) in [7, 11) is -1.93. The first-order chi connectivity index (χ1) is 7.84. The molecule has 0 aromatic heterocycles. The highest BCUT2D eigenvalue weighted by Crippen LogP contribution is 2.27. The van der Waals surface area contributed by atoms with Crippen molar-refractivity contribution in [3.63, 3.8) is 0 Å². The fourth-order valence-electron chi connectivity index (χ4n) is 1.22. The first-order valence-electron chi connectivity index (χ1n) is 4.86. The summed E-state index contributed by atoms with van der Waals surface area (Å²) in [5, 5.41) is 2.78. The van der Waals surface area contributed by atoms with E-state index in [1.165, 1.54) is 0 Å². The maximum atomic E-state index is 11.6. The summed E-state index contributed by atoms with van der Waals surface area (Å²) in [5.74, 6) is 0.590. The maximum Gasteiger partial charge on any atom is 0.694 e. The minimum absolute atomic E-state index is 0.590. The molecule has 0 saturated carbocycles. The highest BCUT2D eigenvalue weighted by molar-refractivity contribution is 7.41. The van der Waals surface area contributed by atoms with Crippen LogP contribution in [0.15, 0.2) is 60.7 Å². The Hall–Kier alpha value is -1.86. The third-order valence-corrected chi connectivity index (χ3v) is 2.74. The molecule has 0 heterocycles. The summed E-state index contributed by atoms with van der Waals surface area (Å²) in [4.78, 5) is 0. The predicted molar refractivity (Wildman–Crippen MR) is 64.7 cm³/mol. The van der Waals surface area contributed by atoms with Gasteiger partial charge in [0.15, 0.2) is 5.75 Å². The Labute approximate surface area is 95.0 Å². The van der Waals surface area contributed by atoms with Gasteiger partial charge in [0.05, 0.1) is 5.69 Å². The van der Waals surface area contributed by atoms with E-state index < -0.39 is 8.18 Å². The van der Waals surface area contributed by atoms with Crippen molar-refractivity contribution in [1.82, 2.24) is 0 Å². The van der Waals surface area contributed by atoms with Gasteiger partial charge < -0.3 is 0 Å². The van der Waals surface area contributed by atoms with Gasteiger partial charge in [-0.25, -0.2) is 4.52 Å². The number of benzene rings is 2. The highest BCUT2D eigenvalue weighted by Gasteiger charge is 2.18. The van der Waals surface area contributed by atoms with E-state index in [0.29, 0.717) is 5.75 Å². The molecule has 0 spiro atoms. The van der Waals surface area contributed by atoms with Gasteiger partial charge in [-0.1, -0.05) is 36.4 Å². The van der Waals surface area contributed by atoms with Gasteiger partial charge in [-0.2, -0.15) is 0 Å². The van der Waals surface area contributed by atoms with E-state index in [1.54, 1.807) is 12.1 Å². The molecule has 1 N–H and O–H groups in total. The standard InChI is InChI=1S/C12H11NO2P/c14-16(13-11-7-3-1-4-8-11)15-12-9-5-2-6-10-12/h1-10H,(H,13,14)/q+1. The van der Waals surface area contributed by atoms with E-state index in [2.05, 4.69) is 5.09 Å². The van der Waals surface area contributed by atoms with E-state index >= 15 is 0 Å². The van der Waals surface area contributed by atoms with E-state index in [9.17, 15) is 4.57 Å². The van der Waals surface area contributed by atoms with E-state index in [4.69, 9.17) is 4.52 Å². The van der Waals surface area contributed by atoms with Gasteiger partial charge in [0.1, 0.15) is 0 Å². The fourth-order valence-corrected chi connectivity index (χ4v) is 1.94. The third kappa shape index (κ3) is 3.07. The van der Waals surface area contributed by atoms with Gasteiger partial charge in [0.2, 0.25) is 0 Å². The molecular weight excluding hydrogens is 221 g/mol. The molecule has 0 saturated heterocycles. The second kappa shape index (κ2) is 5.29. The topological polar surface area (TPSA) is 38.3 Å². The first kappa shape index (κ1) is 10.7. The second-order valence-electron chi connectivity index (χ2n) is 3.14. The molecule has 4 heteroatoms. The molecule has 0 aliphatic rings. The number of rotatable bonds is 4. The van der Waals surface area contributed by atoms with Gasteiger partial charge >= 0.3 is 8.18 Å². The predicted octanol–water partition coefficient (Wildman–Crippen LogP) is 3.83. The lowest BCUT2D eigenvalue weighted by Crippen LogP contribution is -1.91. The molecular formula is C12H11NO2P+. The van der Waals surface area contributed by atoms with Crippen molar-refractivity contribution < 1.29 is 9.09 Å². The van der Waals surface area contributed by atoms with Crippen LogP contribution in [0.4, 0.5) is 5.69 Å². The molecule has 0 bridgehead atoms. The molecule has 0 fully saturated rings.